The number of nitrogens with one attached hydrogen (secondary N) is 1. The number of likely N-dealkylation sites (N-methyl/N-ethyl adjacent to an activating group) is 1. The first-order valence-corrected chi connectivity index (χ1v) is 6.92. The van der Waals surface area contributed by atoms with E-state index in [1.54, 1.807) is 11.3 Å². The molecule has 0 aliphatic carbocycles. The smallest absolute Gasteiger partial charge is 0.147 e. The topological polar surface area (TPSA) is 37.8 Å². The lowest BCUT2D eigenvalue weighted by Crippen LogP contribution is -2.09. The fourth-order valence-electron chi connectivity index (χ4n) is 1.30. The lowest BCUT2D eigenvalue weighted by Gasteiger charge is -1.94. The molecular weight excluding hydrogens is 333 g/mol. The molecule has 1 N–H and O–H groups in total. The van der Waals surface area contributed by atoms with Gasteiger partial charge in [-0.2, -0.15) is 0 Å². The van der Waals surface area contributed by atoms with Gasteiger partial charge in [-0.05, 0) is 41.8 Å². The number of nitrogens with zero attached hydrogens (tertiary/aromatic N) is 2. The van der Waals surface area contributed by atoms with Crippen LogP contribution < -0.4 is 5.32 Å². The van der Waals surface area contributed by atoms with Gasteiger partial charge in [0.25, 0.3) is 0 Å². The zero-order valence-electron chi connectivity index (χ0n) is 8.90. The summed E-state index contributed by atoms with van der Waals surface area (Å²) in [6.45, 7) is 0.946. The summed E-state index contributed by atoms with van der Waals surface area (Å²) in [5.41, 5.74) is 1.15. The molecule has 2 aromatic rings. The summed E-state index contributed by atoms with van der Waals surface area (Å²) in [6, 6.07) is 8.35. The summed E-state index contributed by atoms with van der Waals surface area (Å²) >= 11 is 3.97. The van der Waals surface area contributed by atoms with Gasteiger partial charge in [0.1, 0.15) is 10.0 Å². The Morgan fingerprint density at radius 2 is 2.00 bits per heavy atom. The maximum absolute atomic E-state index is 4.21. The number of rotatable bonds is 4. The lowest BCUT2D eigenvalue weighted by molar-refractivity contribution is 0.779. The van der Waals surface area contributed by atoms with E-state index in [9.17, 15) is 0 Å². The number of hydrogen-bond donors (Lipinski definition) is 1. The van der Waals surface area contributed by atoms with Crippen LogP contribution in [0.4, 0.5) is 0 Å². The Bertz CT molecular complexity index is 453. The van der Waals surface area contributed by atoms with Crippen molar-refractivity contribution in [2.45, 2.75) is 6.42 Å². The molecule has 1 aromatic heterocycles. The van der Waals surface area contributed by atoms with E-state index in [2.05, 4.69) is 62.4 Å². The van der Waals surface area contributed by atoms with Crippen molar-refractivity contribution < 1.29 is 0 Å². The van der Waals surface area contributed by atoms with Gasteiger partial charge in [-0.3, -0.25) is 0 Å². The third kappa shape index (κ3) is 2.99. The minimum Gasteiger partial charge on any atom is -0.319 e. The quantitative estimate of drug-likeness (QED) is 0.866. The van der Waals surface area contributed by atoms with E-state index < -0.39 is 0 Å². The van der Waals surface area contributed by atoms with Gasteiger partial charge in [-0.25, -0.2) is 0 Å². The van der Waals surface area contributed by atoms with Crippen LogP contribution in [0.5, 0.6) is 0 Å². The molecule has 3 nitrogen and oxygen atoms in total. The normalized spacial score (nSPS) is 10.6. The SMILES string of the molecule is CNCCc1nnc(-c2ccc(I)cc2)s1. The van der Waals surface area contributed by atoms with Crippen LogP contribution in [0, 0.1) is 3.57 Å². The zero-order valence-corrected chi connectivity index (χ0v) is 11.9. The van der Waals surface area contributed by atoms with Crippen LogP contribution in [0.2, 0.25) is 0 Å². The fraction of sp³-hybridized carbons (Fsp3) is 0.273. The molecule has 84 valence electrons. The number of halogens is 1. The Labute approximate surface area is 112 Å². The van der Waals surface area contributed by atoms with Crippen LogP contribution in [0.25, 0.3) is 10.6 Å². The molecule has 0 aliphatic rings. The molecule has 0 atom stereocenters. The van der Waals surface area contributed by atoms with Crippen LogP contribution in [0.3, 0.4) is 0 Å². The summed E-state index contributed by atoms with van der Waals surface area (Å²) in [7, 11) is 1.95. The first-order valence-electron chi connectivity index (χ1n) is 5.02. The Morgan fingerprint density at radius 1 is 1.25 bits per heavy atom. The highest BCUT2D eigenvalue weighted by Gasteiger charge is 2.05. The minimum absolute atomic E-state index is 0.943. The molecule has 1 heterocycles. The van der Waals surface area contributed by atoms with Gasteiger partial charge in [0.05, 0.1) is 0 Å². The Morgan fingerprint density at radius 3 is 2.69 bits per heavy atom. The summed E-state index contributed by atoms with van der Waals surface area (Å²) in [4.78, 5) is 0. The van der Waals surface area contributed by atoms with Crippen molar-refractivity contribution in [1.82, 2.24) is 15.5 Å². The van der Waals surface area contributed by atoms with Gasteiger partial charge in [-0.15, -0.1) is 10.2 Å². The first kappa shape index (κ1) is 11.9. The highest BCUT2D eigenvalue weighted by Crippen LogP contribution is 2.24. The average Bonchev–Trinajstić information content (AvgIpc) is 2.76. The predicted molar refractivity (Wildman–Crippen MR) is 75.7 cm³/mol. The maximum atomic E-state index is 4.21. The molecule has 5 heteroatoms. The highest BCUT2D eigenvalue weighted by atomic mass is 127. The molecule has 0 bridgehead atoms. The van der Waals surface area contributed by atoms with Crippen LogP contribution in [-0.4, -0.2) is 23.8 Å². The van der Waals surface area contributed by atoms with E-state index in [1.807, 2.05) is 7.05 Å². The average molecular weight is 345 g/mol. The molecule has 0 saturated heterocycles. The number of hydrogen-bond acceptors (Lipinski definition) is 4. The second-order valence-electron chi connectivity index (χ2n) is 3.36. The Hall–Kier alpha value is -0.530. The van der Waals surface area contributed by atoms with Crippen molar-refractivity contribution in [2.24, 2.45) is 0 Å². The van der Waals surface area contributed by atoms with Gasteiger partial charge in [0.2, 0.25) is 0 Å². The monoisotopic (exact) mass is 345 g/mol. The largest absolute Gasteiger partial charge is 0.319 e. The van der Waals surface area contributed by atoms with E-state index in [1.165, 1.54) is 3.57 Å². The van der Waals surface area contributed by atoms with Gasteiger partial charge in [0, 0.05) is 22.1 Å². The maximum Gasteiger partial charge on any atom is 0.147 e. The zero-order chi connectivity index (χ0) is 11.4. The van der Waals surface area contributed by atoms with E-state index in [4.69, 9.17) is 0 Å². The molecule has 0 fully saturated rings. The molecule has 0 unspecified atom stereocenters. The summed E-state index contributed by atoms with van der Waals surface area (Å²) in [5.74, 6) is 0. The molecule has 2 rings (SSSR count). The van der Waals surface area contributed by atoms with E-state index in [-0.39, 0.29) is 0 Å². The van der Waals surface area contributed by atoms with Gasteiger partial charge >= 0.3 is 0 Å². The molecular formula is C11H12IN3S. The van der Waals surface area contributed by atoms with E-state index >= 15 is 0 Å². The van der Waals surface area contributed by atoms with Crippen LogP contribution in [-0.2, 0) is 6.42 Å². The van der Waals surface area contributed by atoms with Crippen LogP contribution in [0.1, 0.15) is 5.01 Å². The van der Waals surface area contributed by atoms with E-state index in [0.29, 0.717) is 0 Å². The van der Waals surface area contributed by atoms with Crippen molar-refractivity contribution in [1.29, 1.82) is 0 Å². The van der Waals surface area contributed by atoms with Crippen molar-refractivity contribution in [2.75, 3.05) is 13.6 Å². The molecule has 0 amide bonds. The second-order valence-corrected chi connectivity index (χ2v) is 5.67. The van der Waals surface area contributed by atoms with Crippen molar-refractivity contribution in [3.63, 3.8) is 0 Å². The van der Waals surface area contributed by atoms with Crippen molar-refractivity contribution in [3.05, 3.63) is 32.8 Å². The predicted octanol–water partition coefficient (Wildman–Crippen LogP) is 2.57. The summed E-state index contributed by atoms with van der Waals surface area (Å²) in [5, 5.41) is 13.6. The van der Waals surface area contributed by atoms with Crippen LogP contribution in [0.15, 0.2) is 24.3 Å². The fourth-order valence-corrected chi connectivity index (χ4v) is 2.50. The molecule has 0 radical (unpaired) electrons. The number of benzene rings is 1. The van der Waals surface area contributed by atoms with E-state index in [0.717, 1.165) is 28.5 Å². The Balaban J connectivity index is 2.15. The summed E-state index contributed by atoms with van der Waals surface area (Å²) in [6.07, 6.45) is 0.943. The van der Waals surface area contributed by atoms with Gasteiger partial charge < -0.3 is 5.32 Å². The first-order chi connectivity index (χ1) is 7.79. The van der Waals surface area contributed by atoms with Crippen LogP contribution >= 0.6 is 33.9 Å². The molecule has 16 heavy (non-hydrogen) atoms. The standard InChI is InChI=1S/C11H12IN3S/c1-13-7-6-10-14-15-11(16-10)8-2-4-9(12)5-3-8/h2-5,13H,6-7H2,1H3. The third-order valence-corrected chi connectivity index (χ3v) is 3.90. The molecule has 0 spiro atoms. The lowest BCUT2D eigenvalue weighted by atomic mass is 10.2. The van der Waals surface area contributed by atoms with Crippen molar-refractivity contribution in [3.8, 4) is 10.6 Å². The molecule has 0 aliphatic heterocycles. The third-order valence-electron chi connectivity index (χ3n) is 2.15. The second kappa shape index (κ2) is 5.70. The molecule has 1 aromatic carbocycles. The summed E-state index contributed by atoms with van der Waals surface area (Å²) < 4.78 is 1.24. The molecule has 0 saturated carbocycles. The van der Waals surface area contributed by atoms with Crippen molar-refractivity contribution >= 4 is 33.9 Å². The highest BCUT2D eigenvalue weighted by molar-refractivity contribution is 14.1. The van der Waals surface area contributed by atoms with Gasteiger partial charge in [-0.1, -0.05) is 23.5 Å². The van der Waals surface area contributed by atoms with Gasteiger partial charge in [0.15, 0.2) is 0 Å². The minimum atomic E-state index is 0.943. The number of aromatic nitrogens is 2. The Kier molecular flexibility index (Phi) is 4.25.